The molecule has 2 aromatic carbocycles. The van der Waals surface area contributed by atoms with Gasteiger partial charge in [0, 0.05) is 30.7 Å². The van der Waals surface area contributed by atoms with Crippen LogP contribution in [-0.4, -0.2) is 72.1 Å². The summed E-state index contributed by atoms with van der Waals surface area (Å²) in [5.41, 5.74) is 2.43. The van der Waals surface area contributed by atoms with E-state index in [1.807, 2.05) is 76.8 Å². The van der Waals surface area contributed by atoms with Gasteiger partial charge in [0.2, 0.25) is 5.91 Å². The number of halogens is 1. The fourth-order valence-corrected chi connectivity index (χ4v) is 5.87. The minimum absolute atomic E-state index is 0.0209. The average molecular weight is 543 g/mol. The van der Waals surface area contributed by atoms with Crippen LogP contribution in [0.25, 0.3) is 11.1 Å². The van der Waals surface area contributed by atoms with Gasteiger partial charge < -0.3 is 19.8 Å². The Morgan fingerprint density at radius 1 is 1.27 bits per heavy atom. The van der Waals surface area contributed by atoms with Crippen molar-refractivity contribution in [1.29, 1.82) is 0 Å². The topological polar surface area (TPSA) is 94.2 Å². The molecule has 2 aliphatic rings. The maximum absolute atomic E-state index is 14.4. The monoisotopic (exact) mass is 543 g/mol. The molecule has 2 N–H and O–H groups in total. The Morgan fingerprint density at radius 2 is 2.00 bits per heavy atom. The number of benzene rings is 2. The van der Waals surface area contributed by atoms with Crippen molar-refractivity contribution >= 4 is 32.2 Å². The van der Waals surface area contributed by atoms with E-state index in [0.717, 1.165) is 23.9 Å². The summed E-state index contributed by atoms with van der Waals surface area (Å²) in [5, 5.41) is 25.2. The average Bonchev–Trinajstić information content (AvgIpc) is 3.66. The molecule has 0 saturated carbocycles. The molecule has 0 bridgehead atoms. The van der Waals surface area contributed by atoms with Gasteiger partial charge >= 0.3 is 0 Å². The Labute approximate surface area is 236 Å². The molecule has 3 heterocycles. The summed E-state index contributed by atoms with van der Waals surface area (Å²) in [6.45, 7) is 8.89. The van der Waals surface area contributed by atoms with Gasteiger partial charge in [0.1, 0.15) is 30.5 Å². The molecule has 1 fully saturated rings. The van der Waals surface area contributed by atoms with Gasteiger partial charge in [-0.05, 0) is 43.0 Å². The molecule has 1 aromatic heterocycles. The van der Waals surface area contributed by atoms with Crippen LogP contribution >= 0.6 is 0 Å². The van der Waals surface area contributed by atoms with E-state index in [4.69, 9.17) is 9.62 Å². The molecule has 2 aliphatic heterocycles. The number of rotatable bonds is 8. The maximum Gasteiger partial charge on any atom is 0.234 e. The first-order chi connectivity index (χ1) is 19.2. The highest BCUT2D eigenvalue weighted by Gasteiger charge is 2.47. The number of nitrogens with one attached hydrogen (secondary N) is 1. The first kappa shape index (κ1) is 28.0. The molecule has 208 valence electrons. The predicted octanol–water partition coefficient (Wildman–Crippen LogP) is 1.90. The maximum atomic E-state index is 14.4. The summed E-state index contributed by atoms with van der Waals surface area (Å²) in [7, 11) is 2.72. The number of hydrazone groups is 1. The zero-order valence-electron chi connectivity index (χ0n) is 23.8. The number of hydrogen-bond acceptors (Lipinski definition) is 7. The van der Waals surface area contributed by atoms with Crippen LogP contribution in [0.1, 0.15) is 51.4 Å². The van der Waals surface area contributed by atoms with Crippen LogP contribution in [0.5, 0.6) is 0 Å². The summed E-state index contributed by atoms with van der Waals surface area (Å²) in [6.07, 6.45) is -0.270. The summed E-state index contributed by atoms with van der Waals surface area (Å²) in [5.74, 6) is 0.289. The van der Waals surface area contributed by atoms with Crippen molar-refractivity contribution in [3.05, 3.63) is 71.7 Å². The van der Waals surface area contributed by atoms with Crippen molar-refractivity contribution in [2.45, 2.75) is 57.8 Å². The number of carbonyl (C=O) groups excluding carboxylic acids is 1. The molecule has 4 atom stereocenters. The van der Waals surface area contributed by atoms with Crippen LogP contribution in [0.2, 0.25) is 0 Å². The largest absolute Gasteiger partial charge is 0.391 e. The molecule has 0 spiro atoms. The van der Waals surface area contributed by atoms with Crippen molar-refractivity contribution in [2.75, 3.05) is 13.1 Å². The third-order valence-corrected chi connectivity index (χ3v) is 8.10. The molecular formula is C29H36B2FN5O3. The highest BCUT2D eigenvalue weighted by Crippen LogP contribution is 2.36. The van der Waals surface area contributed by atoms with Crippen molar-refractivity contribution < 1.29 is 18.8 Å². The molecule has 5 rings (SSSR count). The lowest BCUT2D eigenvalue weighted by molar-refractivity contribution is -0.134. The molecule has 40 heavy (non-hydrogen) atoms. The number of β-amino-alcohol motifs (C(OH)–C–C–N with tert-alkyl or cyclic N) is 1. The third kappa shape index (κ3) is 5.03. The van der Waals surface area contributed by atoms with Gasteiger partial charge in [-0.1, -0.05) is 61.5 Å². The van der Waals surface area contributed by atoms with Gasteiger partial charge in [-0.3, -0.25) is 9.80 Å². The lowest BCUT2D eigenvalue weighted by Gasteiger charge is -2.35. The van der Waals surface area contributed by atoms with E-state index in [-0.39, 0.29) is 24.2 Å². The van der Waals surface area contributed by atoms with E-state index >= 15 is 0 Å². The predicted molar refractivity (Wildman–Crippen MR) is 158 cm³/mol. The minimum atomic E-state index is -0.682. The smallest absolute Gasteiger partial charge is 0.234 e. The van der Waals surface area contributed by atoms with E-state index in [2.05, 4.69) is 10.5 Å². The second kappa shape index (κ2) is 11.1. The summed E-state index contributed by atoms with van der Waals surface area (Å²) in [6, 6.07) is 16.0. The molecule has 8 nitrogen and oxygen atoms in total. The number of amidine groups is 1. The van der Waals surface area contributed by atoms with Crippen molar-refractivity contribution in [3.8, 4) is 11.1 Å². The lowest BCUT2D eigenvalue weighted by atomic mass is 9.53. The van der Waals surface area contributed by atoms with E-state index in [9.17, 15) is 14.3 Å². The molecule has 11 heteroatoms. The summed E-state index contributed by atoms with van der Waals surface area (Å²) >= 11 is 0. The first-order valence-corrected chi connectivity index (χ1v) is 14.1. The standard InChI is InChI=1S/C29H36B2FN5O3/c1-5-37-29(4,19-12-10-18(11-13-19)21-8-6-7-9-22(21)32)33-27(34-37)23-14-20(38)16-36(23)28(39)26(17(2)3)24-15-25(31-30)35-40-24/h6-13,15,17,20,23,26,31,38H,5,14,16,30H2,1-4H3,(H,33,34)/t20-,23+,26?,29-/m1/s1. The number of likely N-dealkylation sites (tertiary alicyclic amines) is 1. The molecule has 1 saturated heterocycles. The highest BCUT2D eigenvalue weighted by atomic mass is 19.1. The Hall–Kier alpha value is -3.59. The zero-order valence-corrected chi connectivity index (χ0v) is 23.8. The number of nitrogens with zero attached hydrogens (tertiary/aromatic N) is 4. The van der Waals surface area contributed by atoms with Crippen LogP contribution < -0.4 is 10.9 Å². The zero-order chi connectivity index (χ0) is 28.6. The lowest BCUT2D eigenvalue weighted by Crippen LogP contribution is -2.52. The Bertz CT molecular complexity index is 1400. The van der Waals surface area contributed by atoms with Crippen molar-refractivity contribution in [3.63, 3.8) is 0 Å². The number of aromatic nitrogens is 1. The normalized spacial score (nSPS) is 23.3. The van der Waals surface area contributed by atoms with Crippen molar-refractivity contribution in [1.82, 2.24) is 20.4 Å². The first-order valence-electron chi connectivity index (χ1n) is 14.1. The molecule has 0 radical (unpaired) electrons. The van der Waals surface area contributed by atoms with Gasteiger partial charge in [-0.2, -0.15) is 5.10 Å². The highest BCUT2D eigenvalue weighted by molar-refractivity contribution is 6.97. The van der Waals surface area contributed by atoms with Crippen LogP contribution in [0.4, 0.5) is 4.39 Å². The van der Waals surface area contributed by atoms with Gasteiger partial charge in [-0.25, -0.2) is 4.39 Å². The van der Waals surface area contributed by atoms with Crippen LogP contribution in [0.3, 0.4) is 0 Å². The quantitative estimate of drug-likeness (QED) is 0.422. The van der Waals surface area contributed by atoms with Gasteiger partial charge in [0.25, 0.3) is 0 Å². The Kier molecular flexibility index (Phi) is 7.77. The third-order valence-electron chi connectivity index (χ3n) is 8.10. The fraction of sp³-hybridized carbons (Fsp3) is 0.414. The van der Waals surface area contributed by atoms with E-state index < -0.39 is 23.7 Å². The molecule has 1 amide bonds. The number of carbonyl (C=O) groups is 1. The minimum Gasteiger partial charge on any atom is -0.391 e. The molecular weight excluding hydrogens is 507 g/mol. The summed E-state index contributed by atoms with van der Waals surface area (Å²) in [4.78, 5) is 15.7. The fourth-order valence-electron chi connectivity index (χ4n) is 5.87. The van der Waals surface area contributed by atoms with E-state index in [1.165, 1.54) is 6.07 Å². The Morgan fingerprint density at radius 3 is 2.62 bits per heavy atom. The number of aliphatic hydroxyl groups excluding tert-OH is 1. The van der Waals surface area contributed by atoms with Crippen molar-refractivity contribution in [2.24, 2.45) is 11.0 Å². The number of amides is 1. The molecule has 0 aliphatic carbocycles. The van der Waals surface area contributed by atoms with Gasteiger partial charge in [0.15, 0.2) is 5.66 Å². The van der Waals surface area contributed by atoms with Gasteiger partial charge in [0.05, 0.1) is 19.9 Å². The summed E-state index contributed by atoms with van der Waals surface area (Å²) < 4.78 is 19.9. The Balaban J connectivity index is 1.41. The second-order valence-electron chi connectivity index (χ2n) is 11.1. The van der Waals surface area contributed by atoms with Gasteiger partial charge in [-0.15, -0.1) is 0 Å². The second-order valence-corrected chi connectivity index (χ2v) is 11.1. The molecule has 1 unspecified atom stereocenters. The number of hydrogen-bond donors (Lipinski definition) is 2. The van der Waals surface area contributed by atoms with Crippen LogP contribution in [0.15, 0.2) is 64.2 Å². The SMILES string of the molecule is BBc1cc(C(C(=O)N2C[C@H](O)C[C@H]2C2=NN(CC)[C@](C)(c3ccc(-c4ccccc4F)cc3)N2)C(C)C)on1. The molecule has 3 aromatic rings. The van der Waals surface area contributed by atoms with E-state index in [0.29, 0.717) is 30.1 Å². The van der Waals surface area contributed by atoms with Crippen LogP contribution in [0, 0.1) is 11.7 Å². The van der Waals surface area contributed by atoms with E-state index in [1.54, 1.807) is 17.0 Å². The van der Waals surface area contributed by atoms with Crippen LogP contribution in [-0.2, 0) is 10.5 Å². The number of aliphatic hydroxyl groups is 1.